The minimum absolute atomic E-state index is 0.0737. The van der Waals surface area contributed by atoms with E-state index in [1.807, 2.05) is 18.2 Å². The van der Waals surface area contributed by atoms with Crippen molar-refractivity contribution in [3.8, 4) is 0 Å². The minimum atomic E-state index is -0.461. The quantitative estimate of drug-likeness (QED) is 0.610. The highest BCUT2D eigenvalue weighted by atomic mass is 79.9. The fraction of sp³-hybridized carbons (Fsp3) is 0. The number of furan rings is 1. The molecule has 2 aromatic carbocycles. The number of para-hydroxylation sites is 1. The highest BCUT2D eigenvalue weighted by molar-refractivity contribution is 9.10. The summed E-state index contributed by atoms with van der Waals surface area (Å²) in [5, 5.41) is 5.41. The van der Waals surface area contributed by atoms with E-state index >= 15 is 0 Å². The Hall–Kier alpha value is -3.12. The van der Waals surface area contributed by atoms with Gasteiger partial charge in [0.15, 0.2) is 0 Å². The number of carbonyl (C=O) groups is 2. The van der Waals surface area contributed by atoms with E-state index < -0.39 is 5.91 Å². The summed E-state index contributed by atoms with van der Waals surface area (Å²) >= 11 is 3.38. The predicted octanol–water partition coefficient (Wildman–Crippen LogP) is 4.45. The van der Waals surface area contributed by atoms with Gasteiger partial charge in [-0.2, -0.15) is 0 Å². The van der Waals surface area contributed by atoms with Crippen LogP contribution in [0.15, 0.2) is 87.6 Å². The lowest BCUT2D eigenvalue weighted by Crippen LogP contribution is -2.30. The average Bonchev–Trinajstić information content (AvgIpc) is 3.17. The second kappa shape index (κ2) is 8.31. The van der Waals surface area contributed by atoms with Crippen molar-refractivity contribution in [2.24, 2.45) is 0 Å². The van der Waals surface area contributed by atoms with Crippen molar-refractivity contribution in [3.05, 3.63) is 94.5 Å². The van der Waals surface area contributed by atoms with Gasteiger partial charge >= 0.3 is 0 Å². The maximum atomic E-state index is 12.7. The van der Waals surface area contributed by atoms with Crippen LogP contribution in [0.1, 0.15) is 16.1 Å². The highest BCUT2D eigenvalue weighted by Gasteiger charge is 2.16. The van der Waals surface area contributed by atoms with E-state index in [4.69, 9.17) is 4.42 Å². The Bertz CT molecular complexity index is 935. The third kappa shape index (κ3) is 4.49. The second-order valence-electron chi connectivity index (χ2n) is 5.33. The molecule has 2 N–H and O–H groups in total. The smallest absolute Gasteiger partial charge is 0.272 e. The number of anilines is 1. The summed E-state index contributed by atoms with van der Waals surface area (Å²) < 4.78 is 5.99. The molecule has 0 aliphatic rings. The van der Waals surface area contributed by atoms with Crippen LogP contribution < -0.4 is 10.6 Å². The Morgan fingerprint density at radius 1 is 0.923 bits per heavy atom. The van der Waals surface area contributed by atoms with Gasteiger partial charge in [0, 0.05) is 16.1 Å². The molecule has 0 saturated heterocycles. The summed E-state index contributed by atoms with van der Waals surface area (Å²) in [5.41, 5.74) is 1.12. The summed E-state index contributed by atoms with van der Waals surface area (Å²) in [7, 11) is 0. The number of benzene rings is 2. The molecule has 6 heteroatoms. The fourth-order valence-electron chi connectivity index (χ4n) is 2.21. The lowest BCUT2D eigenvalue weighted by molar-refractivity contribution is -0.113. The van der Waals surface area contributed by atoms with Crippen LogP contribution in [-0.2, 0) is 4.79 Å². The standard InChI is InChI=1S/C20H15BrN2O3/c21-16-10-4-5-11-17(16)22-20(25)18(13-15-9-6-12-26-15)23-19(24)14-7-2-1-3-8-14/h1-13H,(H,22,25)(H,23,24)/b18-13-. The van der Waals surface area contributed by atoms with Gasteiger partial charge in [-0.05, 0) is 52.3 Å². The van der Waals surface area contributed by atoms with Crippen molar-refractivity contribution in [1.29, 1.82) is 0 Å². The first-order chi connectivity index (χ1) is 12.6. The summed E-state index contributed by atoms with van der Waals surface area (Å²) in [4.78, 5) is 25.1. The van der Waals surface area contributed by atoms with Crippen molar-refractivity contribution < 1.29 is 14.0 Å². The topological polar surface area (TPSA) is 71.3 Å². The van der Waals surface area contributed by atoms with E-state index in [0.29, 0.717) is 17.0 Å². The third-order valence-electron chi connectivity index (χ3n) is 3.48. The molecule has 0 spiro atoms. The largest absolute Gasteiger partial charge is 0.465 e. The molecule has 0 fully saturated rings. The zero-order valence-electron chi connectivity index (χ0n) is 13.6. The van der Waals surface area contributed by atoms with Crippen molar-refractivity contribution in [2.75, 3.05) is 5.32 Å². The van der Waals surface area contributed by atoms with Gasteiger partial charge in [-0.3, -0.25) is 9.59 Å². The molecule has 2 amide bonds. The van der Waals surface area contributed by atoms with Gasteiger partial charge in [0.05, 0.1) is 12.0 Å². The van der Waals surface area contributed by atoms with E-state index in [-0.39, 0.29) is 11.6 Å². The molecule has 3 aromatic rings. The number of carbonyl (C=O) groups excluding carboxylic acids is 2. The molecule has 5 nitrogen and oxygen atoms in total. The Kier molecular flexibility index (Phi) is 5.66. The van der Waals surface area contributed by atoms with Gasteiger partial charge in [0.2, 0.25) is 0 Å². The highest BCUT2D eigenvalue weighted by Crippen LogP contribution is 2.22. The molecule has 0 aliphatic carbocycles. The van der Waals surface area contributed by atoms with Gasteiger partial charge in [-0.15, -0.1) is 0 Å². The van der Waals surface area contributed by atoms with Crippen molar-refractivity contribution >= 4 is 39.5 Å². The molecule has 0 bridgehead atoms. The first kappa shape index (κ1) is 17.7. The van der Waals surface area contributed by atoms with Crippen LogP contribution in [-0.4, -0.2) is 11.8 Å². The first-order valence-electron chi connectivity index (χ1n) is 7.81. The average molecular weight is 411 g/mol. The Labute approximate surface area is 158 Å². The molecule has 26 heavy (non-hydrogen) atoms. The Morgan fingerprint density at radius 2 is 1.65 bits per heavy atom. The number of hydrogen-bond acceptors (Lipinski definition) is 3. The van der Waals surface area contributed by atoms with Gasteiger partial charge in [0.25, 0.3) is 11.8 Å². The SMILES string of the molecule is O=C(Nc1ccccc1Br)/C(=C/c1ccco1)NC(=O)c1ccccc1. The normalized spacial score (nSPS) is 11.0. The van der Waals surface area contributed by atoms with E-state index in [1.165, 1.54) is 12.3 Å². The predicted molar refractivity (Wildman–Crippen MR) is 103 cm³/mol. The van der Waals surface area contributed by atoms with Crippen LogP contribution in [0.25, 0.3) is 6.08 Å². The maximum absolute atomic E-state index is 12.7. The summed E-state index contributed by atoms with van der Waals surface area (Å²) in [6, 6.07) is 19.3. The van der Waals surface area contributed by atoms with Crippen LogP contribution >= 0.6 is 15.9 Å². The van der Waals surface area contributed by atoms with Gasteiger partial charge < -0.3 is 15.1 Å². The van der Waals surface area contributed by atoms with E-state index in [2.05, 4.69) is 26.6 Å². The molecule has 1 heterocycles. The third-order valence-corrected chi connectivity index (χ3v) is 4.17. The number of amides is 2. The number of halogens is 1. The van der Waals surface area contributed by atoms with Crippen LogP contribution in [0, 0.1) is 0 Å². The van der Waals surface area contributed by atoms with Crippen LogP contribution in [0.5, 0.6) is 0 Å². The molecule has 0 radical (unpaired) electrons. The van der Waals surface area contributed by atoms with E-state index in [1.54, 1.807) is 48.5 Å². The number of nitrogens with one attached hydrogen (secondary N) is 2. The first-order valence-corrected chi connectivity index (χ1v) is 8.60. The van der Waals surface area contributed by atoms with E-state index in [0.717, 1.165) is 4.47 Å². The number of rotatable bonds is 5. The van der Waals surface area contributed by atoms with Crippen molar-refractivity contribution in [1.82, 2.24) is 5.32 Å². The van der Waals surface area contributed by atoms with E-state index in [9.17, 15) is 9.59 Å². The van der Waals surface area contributed by atoms with Crippen molar-refractivity contribution in [2.45, 2.75) is 0 Å². The van der Waals surface area contributed by atoms with Gasteiger partial charge in [-0.1, -0.05) is 30.3 Å². The summed E-state index contributed by atoms with van der Waals surface area (Å²) in [6.45, 7) is 0. The summed E-state index contributed by atoms with van der Waals surface area (Å²) in [6.07, 6.45) is 2.97. The monoisotopic (exact) mass is 410 g/mol. The Balaban J connectivity index is 1.85. The minimum Gasteiger partial charge on any atom is -0.465 e. The van der Waals surface area contributed by atoms with Crippen LogP contribution in [0.3, 0.4) is 0 Å². The van der Waals surface area contributed by atoms with Gasteiger partial charge in [-0.25, -0.2) is 0 Å². The molecule has 0 aliphatic heterocycles. The summed E-state index contributed by atoms with van der Waals surface area (Å²) in [5.74, 6) is -0.390. The van der Waals surface area contributed by atoms with Gasteiger partial charge in [0.1, 0.15) is 11.5 Å². The molecule has 0 unspecified atom stereocenters. The van der Waals surface area contributed by atoms with Crippen LogP contribution in [0.2, 0.25) is 0 Å². The molecule has 1 aromatic heterocycles. The molecule has 0 saturated carbocycles. The zero-order chi connectivity index (χ0) is 18.4. The molecule has 130 valence electrons. The lowest BCUT2D eigenvalue weighted by Gasteiger charge is -2.11. The maximum Gasteiger partial charge on any atom is 0.272 e. The molecular weight excluding hydrogens is 396 g/mol. The van der Waals surface area contributed by atoms with Crippen molar-refractivity contribution in [3.63, 3.8) is 0 Å². The Morgan fingerprint density at radius 3 is 2.35 bits per heavy atom. The second-order valence-corrected chi connectivity index (χ2v) is 6.18. The number of hydrogen-bond donors (Lipinski definition) is 2. The zero-order valence-corrected chi connectivity index (χ0v) is 15.2. The molecular formula is C20H15BrN2O3. The lowest BCUT2D eigenvalue weighted by atomic mass is 10.2. The van der Waals surface area contributed by atoms with Crippen LogP contribution in [0.4, 0.5) is 5.69 Å². The molecule has 3 rings (SSSR count). The molecule has 0 atom stereocenters. The fourth-order valence-corrected chi connectivity index (χ4v) is 2.59.